The molecule has 1 aliphatic rings. The molecule has 110 valence electrons. The Morgan fingerprint density at radius 3 is 2.70 bits per heavy atom. The maximum absolute atomic E-state index is 12.8. The summed E-state index contributed by atoms with van der Waals surface area (Å²) in [5.74, 6) is 1.63. The summed E-state index contributed by atoms with van der Waals surface area (Å²) in [6, 6.07) is 5.46. The van der Waals surface area contributed by atoms with Gasteiger partial charge in [0.25, 0.3) is 5.91 Å². The van der Waals surface area contributed by atoms with Gasteiger partial charge in [-0.05, 0) is 37.3 Å². The van der Waals surface area contributed by atoms with Gasteiger partial charge in [-0.1, -0.05) is 13.8 Å². The van der Waals surface area contributed by atoms with Crippen molar-refractivity contribution in [3.05, 3.63) is 23.8 Å². The van der Waals surface area contributed by atoms with Crippen molar-refractivity contribution in [3.8, 4) is 5.75 Å². The highest BCUT2D eigenvalue weighted by molar-refractivity contribution is 5.97. The van der Waals surface area contributed by atoms with Crippen LogP contribution in [0.5, 0.6) is 5.75 Å². The van der Waals surface area contributed by atoms with Crippen LogP contribution < -0.4 is 10.5 Å². The molecule has 0 spiro atoms. The standard InChI is InChI=1S/C16H24N2O2/c1-10-7-11(2)12(3)18(9-10)16(19)14-6-5-13(17)8-15(14)20-4/h5-6,8,10-12H,7,9,17H2,1-4H3. The van der Waals surface area contributed by atoms with Gasteiger partial charge < -0.3 is 15.4 Å². The van der Waals surface area contributed by atoms with Gasteiger partial charge >= 0.3 is 0 Å². The lowest BCUT2D eigenvalue weighted by Crippen LogP contribution is -2.48. The highest BCUT2D eigenvalue weighted by atomic mass is 16.5. The number of nitrogens with two attached hydrogens (primary N) is 1. The van der Waals surface area contributed by atoms with Crippen LogP contribution in [0.4, 0.5) is 5.69 Å². The maximum atomic E-state index is 12.8. The zero-order chi connectivity index (χ0) is 14.9. The van der Waals surface area contributed by atoms with Crippen molar-refractivity contribution in [2.24, 2.45) is 11.8 Å². The molecule has 0 aromatic heterocycles. The Kier molecular flexibility index (Phi) is 4.21. The highest BCUT2D eigenvalue weighted by Gasteiger charge is 2.33. The van der Waals surface area contributed by atoms with Crippen LogP contribution in [-0.2, 0) is 0 Å². The summed E-state index contributed by atoms with van der Waals surface area (Å²) >= 11 is 0. The number of hydrogen-bond acceptors (Lipinski definition) is 3. The molecular formula is C16H24N2O2. The Balaban J connectivity index is 2.30. The van der Waals surface area contributed by atoms with E-state index in [0.29, 0.717) is 28.8 Å². The summed E-state index contributed by atoms with van der Waals surface area (Å²) in [5, 5.41) is 0. The Morgan fingerprint density at radius 2 is 2.05 bits per heavy atom. The zero-order valence-electron chi connectivity index (χ0n) is 12.7. The molecule has 3 atom stereocenters. The largest absolute Gasteiger partial charge is 0.496 e. The van der Waals surface area contributed by atoms with E-state index in [0.717, 1.165) is 6.54 Å². The molecule has 1 amide bonds. The Morgan fingerprint density at radius 1 is 1.35 bits per heavy atom. The molecule has 1 saturated heterocycles. The van der Waals surface area contributed by atoms with Crippen LogP contribution >= 0.6 is 0 Å². The van der Waals surface area contributed by atoms with Gasteiger partial charge in [-0.15, -0.1) is 0 Å². The molecule has 3 unspecified atom stereocenters. The SMILES string of the molecule is COc1cc(N)ccc1C(=O)N1CC(C)CC(C)C1C. The van der Waals surface area contributed by atoms with E-state index in [1.54, 1.807) is 25.3 Å². The third kappa shape index (κ3) is 2.74. The van der Waals surface area contributed by atoms with Gasteiger partial charge in [0.2, 0.25) is 0 Å². The van der Waals surface area contributed by atoms with Gasteiger partial charge in [-0.25, -0.2) is 0 Å². The number of carbonyl (C=O) groups excluding carboxylic acids is 1. The van der Waals surface area contributed by atoms with Crippen LogP contribution in [0.1, 0.15) is 37.6 Å². The molecule has 4 heteroatoms. The van der Waals surface area contributed by atoms with Crippen molar-refractivity contribution in [2.45, 2.75) is 33.2 Å². The van der Waals surface area contributed by atoms with Gasteiger partial charge in [0, 0.05) is 24.3 Å². The van der Waals surface area contributed by atoms with Crippen LogP contribution in [0, 0.1) is 11.8 Å². The van der Waals surface area contributed by atoms with Gasteiger partial charge in [-0.2, -0.15) is 0 Å². The molecule has 2 rings (SSSR count). The van der Waals surface area contributed by atoms with Gasteiger partial charge in [0.1, 0.15) is 5.75 Å². The van der Waals surface area contributed by atoms with E-state index < -0.39 is 0 Å². The van der Waals surface area contributed by atoms with Crippen molar-refractivity contribution >= 4 is 11.6 Å². The molecular weight excluding hydrogens is 252 g/mol. The molecule has 0 saturated carbocycles. The first-order valence-corrected chi connectivity index (χ1v) is 7.18. The van der Waals surface area contributed by atoms with Gasteiger partial charge in [-0.3, -0.25) is 4.79 Å². The van der Waals surface area contributed by atoms with Crippen LogP contribution in [0.3, 0.4) is 0 Å². The van der Waals surface area contributed by atoms with Gasteiger partial charge in [0.05, 0.1) is 12.7 Å². The summed E-state index contributed by atoms with van der Waals surface area (Å²) in [5.41, 5.74) is 6.94. The fourth-order valence-electron chi connectivity index (χ4n) is 3.02. The first-order valence-electron chi connectivity index (χ1n) is 7.18. The number of likely N-dealkylation sites (tertiary alicyclic amines) is 1. The number of rotatable bonds is 2. The number of piperidine rings is 1. The number of nitrogens with zero attached hydrogens (tertiary/aromatic N) is 1. The van der Waals surface area contributed by atoms with Gasteiger partial charge in [0.15, 0.2) is 0 Å². The van der Waals surface area contributed by atoms with E-state index in [4.69, 9.17) is 10.5 Å². The minimum Gasteiger partial charge on any atom is -0.496 e. The molecule has 1 heterocycles. The van der Waals surface area contributed by atoms with E-state index in [2.05, 4.69) is 20.8 Å². The summed E-state index contributed by atoms with van der Waals surface area (Å²) in [4.78, 5) is 14.8. The topological polar surface area (TPSA) is 55.6 Å². The molecule has 1 aromatic carbocycles. The third-order valence-corrected chi connectivity index (χ3v) is 4.31. The third-order valence-electron chi connectivity index (χ3n) is 4.31. The lowest BCUT2D eigenvalue weighted by atomic mass is 9.85. The average molecular weight is 276 g/mol. The second kappa shape index (κ2) is 5.73. The minimum atomic E-state index is 0.0350. The summed E-state index contributed by atoms with van der Waals surface area (Å²) in [6.45, 7) is 7.33. The number of amides is 1. The summed E-state index contributed by atoms with van der Waals surface area (Å²) in [6.07, 6.45) is 1.17. The van der Waals surface area contributed by atoms with Crippen molar-refractivity contribution in [3.63, 3.8) is 0 Å². The number of methoxy groups -OCH3 is 1. The summed E-state index contributed by atoms with van der Waals surface area (Å²) in [7, 11) is 1.57. The number of anilines is 1. The second-order valence-electron chi connectivity index (χ2n) is 5.98. The zero-order valence-corrected chi connectivity index (χ0v) is 12.7. The Labute approximate surface area is 120 Å². The number of benzene rings is 1. The van der Waals surface area contributed by atoms with Crippen LogP contribution in [0.25, 0.3) is 0 Å². The molecule has 0 aliphatic carbocycles. The fraction of sp³-hybridized carbons (Fsp3) is 0.562. The maximum Gasteiger partial charge on any atom is 0.257 e. The van der Waals surface area contributed by atoms with Crippen LogP contribution in [0.15, 0.2) is 18.2 Å². The predicted octanol–water partition coefficient (Wildman–Crippen LogP) is 2.78. The predicted molar refractivity (Wildman–Crippen MR) is 80.8 cm³/mol. The van der Waals surface area contributed by atoms with E-state index in [1.165, 1.54) is 6.42 Å². The molecule has 0 bridgehead atoms. The first kappa shape index (κ1) is 14.7. The molecule has 0 radical (unpaired) electrons. The minimum absolute atomic E-state index is 0.0350. The van der Waals surface area contributed by atoms with Crippen LogP contribution in [0.2, 0.25) is 0 Å². The average Bonchev–Trinajstić information content (AvgIpc) is 2.41. The molecule has 20 heavy (non-hydrogen) atoms. The number of ether oxygens (including phenoxy) is 1. The van der Waals surface area contributed by atoms with E-state index in [9.17, 15) is 4.79 Å². The Bertz CT molecular complexity index is 501. The molecule has 1 fully saturated rings. The Hall–Kier alpha value is -1.71. The smallest absolute Gasteiger partial charge is 0.257 e. The highest BCUT2D eigenvalue weighted by Crippen LogP contribution is 2.30. The van der Waals surface area contributed by atoms with E-state index in [1.807, 2.05) is 4.90 Å². The number of carbonyl (C=O) groups is 1. The number of hydrogen-bond donors (Lipinski definition) is 1. The lowest BCUT2D eigenvalue weighted by Gasteiger charge is -2.41. The second-order valence-corrected chi connectivity index (χ2v) is 5.98. The normalized spacial score (nSPS) is 26.4. The fourth-order valence-corrected chi connectivity index (χ4v) is 3.02. The van der Waals surface area contributed by atoms with Crippen molar-refractivity contribution in [1.29, 1.82) is 0 Å². The van der Waals surface area contributed by atoms with Crippen molar-refractivity contribution < 1.29 is 9.53 Å². The summed E-state index contributed by atoms with van der Waals surface area (Å²) < 4.78 is 5.30. The monoisotopic (exact) mass is 276 g/mol. The molecule has 1 aliphatic heterocycles. The quantitative estimate of drug-likeness (QED) is 0.845. The number of nitrogen functional groups attached to an aromatic ring is 1. The lowest BCUT2D eigenvalue weighted by molar-refractivity contribution is 0.0452. The molecule has 1 aromatic rings. The van der Waals surface area contributed by atoms with Crippen molar-refractivity contribution in [2.75, 3.05) is 19.4 Å². The molecule has 2 N–H and O–H groups in total. The van der Waals surface area contributed by atoms with Crippen molar-refractivity contribution in [1.82, 2.24) is 4.90 Å². The van der Waals surface area contributed by atoms with Crippen LogP contribution in [-0.4, -0.2) is 30.5 Å². The van der Waals surface area contributed by atoms with E-state index in [-0.39, 0.29) is 11.9 Å². The first-order chi connectivity index (χ1) is 9.43. The molecule has 4 nitrogen and oxygen atoms in total. The van der Waals surface area contributed by atoms with E-state index >= 15 is 0 Å².